The summed E-state index contributed by atoms with van der Waals surface area (Å²) in [5.74, 6) is 0.549. The number of rotatable bonds is 7. The summed E-state index contributed by atoms with van der Waals surface area (Å²) in [5.41, 5.74) is 3.01. The van der Waals surface area contributed by atoms with Gasteiger partial charge in [-0.3, -0.25) is 4.79 Å². The van der Waals surface area contributed by atoms with E-state index in [2.05, 4.69) is 21.3 Å². The van der Waals surface area contributed by atoms with Crippen LogP contribution in [0.2, 0.25) is 0 Å². The number of aromatic nitrogens is 1. The lowest BCUT2D eigenvalue weighted by Gasteiger charge is -2.36. The van der Waals surface area contributed by atoms with Crippen LogP contribution in [0.25, 0.3) is 10.9 Å². The van der Waals surface area contributed by atoms with E-state index in [9.17, 15) is 14.9 Å². The molecule has 0 bridgehead atoms. The molecule has 1 saturated heterocycles. The van der Waals surface area contributed by atoms with Gasteiger partial charge in [0.15, 0.2) is 6.61 Å². The van der Waals surface area contributed by atoms with Gasteiger partial charge in [0.25, 0.3) is 5.91 Å². The molecule has 0 spiro atoms. The van der Waals surface area contributed by atoms with Gasteiger partial charge in [0.1, 0.15) is 17.4 Å². The van der Waals surface area contributed by atoms with E-state index in [0.29, 0.717) is 50.5 Å². The molecule has 0 atom stereocenters. The first-order valence-electron chi connectivity index (χ1n) is 12.4. The molecule has 9 heteroatoms. The molecule has 2 amide bonds. The fourth-order valence-corrected chi connectivity index (χ4v) is 4.34. The van der Waals surface area contributed by atoms with E-state index in [4.69, 9.17) is 9.47 Å². The fourth-order valence-electron chi connectivity index (χ4n) is 4.34. The summed E-state index contributed by atoms with van der Waals surface area (Å²) >= 11 is 0. The smallest absolute Gasteiger partial charge is 0.407 e. The third-order valence-corrected chi connectivity index (χ3v) is 6.16. The molecule has 2 heterocycles. The lowest BCUT2D eigenvalue weighted by atomic mass is 10.1. The van der Waals surface area contributed by atoms with Gasteiger partial charge < -0.3 is 29.6 Å². The molecule has 1 fully saturated rings. The molecule has 2 N–H and O–H groups in total. The first kappa shape index (κ1) is 25.9. The van der Waals surface area contributed by atoms with Gasteiger partial charge >= 0.3 is 6.09 Å². The number of H-pyrrole nitrogens is 1. The average molecular weight is 504 g/mol. The van der Waals surface area contributed by atoms with Crippen LogP contribution in [0.15, 0.2) is 48.7 Å². The quantitative estimate of drug-likeness (QED) is 0.507. The molecule has 194 valence electrons. The Morgan fingerprint density at radius 1 is 1.11 bits per heavy atom. The molecule has 0 saturated carbocycles. The molecule has 0 radical (unpaired) electrons. The van der Waals surface area contributed by atoms with Crippen molar-refractivity contribution in [1.29, 1.82) is 5.26 Å². The predicted octanol–water partition coefficient (Wildman–Crippen LogP) is 3.83. The van der Waals surface area contributed by atoms with E-state index in [1.54, 1.807) is 4.90 Å². The van der Waals surface area contributed by atoms with E-state index >= 15 is 0 Å². The van der Waals surface area contributed by atoms with Crippen LogP contribution in [0.5, 0.6) is 5.75 Å². The molecule has 1 aromatic heterocycles. The number of nitrogens with zero attached hydrogens (tertiary/aromatic N) is 3. The van der Waals surface area contributed by atoms with Crippen molar-refractivity contribution in [3.63, 3.8) is 0 Å². The summed E-state index contributed by atoms with van der Waals surface area (Å²) in [7, 11) is 0. The predicted molar refractivity (Wildman–Crippen MR) is 142 cm³/mol. The van der Waals surface area contributed by atoms with Gasteiger partial charge in [-0.2, -0.15) is 5.26 Å². The maximum absolute atomic E-state index is 12.8. The molecular formula is C28H33N5O4. The van der Waals surface area contributed by atoms with Crippen LogP contribution in [0.3, 0.4) is 0 Å². The number of nitrogens with one attached hydrogen (secondary N) is 2. The van der Waals surface area contributed by atoms with E-state index in [1.807, 2.05) is 69.4 Å². The van der Waals surface area contributed by atoms with Gasteiger partial charge in [0, 0.05) is 49.8 Å². The Balaban J connectivity index is 1.28. The number of ether oxygens (including phenoxy) is 2. The number of piperazine rings is 1. The van der Waals surface area contributed by atoms with Crippen molar-refractivity contribution >= 4 is 28.6 Å². The molecule has 0 aliphatic carbocycles. The number of aromatic amines is 1. The Kier molecular flexibility index (Phi) is 7.87. The molecule has 4 rings (SSSR count). The maximum Gasteiger partial charge on any atom is 0.407 e. The zero-order valence-corrected chi connectivity index (χ0v) is 21.5. The Labute approximate surface area is 216 Å². The second kappa shape index (κ2) is 11.2. The summed E-state index contributed by atoms with van der Waals surface area (Å²) in [6, 6.07) is 15.4. The van der Waals surface area contributed by atoms with Crippen LogP contribution in [-0.4, -0.2) is 66.8 Å². The number of para-hydroxylation sites is 1. The molecule has 3 aromatic rings. The van der Waals surface area contributed by atoms with Crippen molar-refractivity contribution in [2.24, 2.45) is 0 Å². The second-order valence-corrected chi connectivity index (χ2v) is 9.99. The Morgan fingerprint density at radius 3 is 2.59 bits per heavy atom. The highest BCUT2D eigenvalue weighted by atomic mass is 16.6. The molecule has 2 aromatic carbocycles. The minimum absolute atomic E-state index is 0.0414. The van der Waals surface area contributed by atoms with Gasteiger partial charge in [-0.15, -0.1) is 0 Å². The number of fused-ring (bicyclic) bond motifs is 1. The number of alkyl carbamates (subject to hydrolysis) is 1. The molecule has 9 nitrogen and oxygen atoms in total. The maximum atomic E-state index is 12.8. The van der Waals surface area contributed by atoms with Gasteiger partial charge in [-0.25, -0.2) is 4.79 Å². The van der Waals surface area contributed by atoms with Crippen molar-refractivity contribution in [3.8, 4) is 11.8 Å². The van der Waals surface area contributed by atoms with Gasteiger partial charge in [-0.05, 0) is 63.1 Å². The summed E-state index contributed by atoms with van der Waals surface area (Å²) in [6.45, 7) is 8.37. The number of hydrogen-bond acceptors (Lipinski definition) is 6. The van der Waals surface area contributed by atoms with Crippen LogP contribution < -0.4 is 15.0 Å². The third-order valence-electron chi connectivity index (χ3n) is 6.16. The topological polar surface area (TPSA) is 111 Å². The highest BCUT2D eigenvalue weighted by Crippen LogP contribution is 2.25. The van der Waals surface area contributed by atoms with Crippen molar-refractivity contribution in [2.75, 3.05) is 44.2 Å². The first-order valence-corrected chi connectivity index (χ1v) is 12.4. The number of benzene rings is 2. The average Bonchev–Trinajstić information content (AvgIpc) is 3.28. The van der Waals surface area contributed by atoms with Crippen LogP contribution in [-0.2, 0) is 16.0 Å². The SMILES string of the molecule is CC(C)(C)OC(=O)NCCc1c[nH]c2ccc(OCC(=O)N3CCN(c4ccccc4C#N)CC3)cc12. The highest BCUT2D eigenvalue weighted by molar-refractivity contribution is 5.85. The largest absolute Gasteiger partial charge is 0.484 e. The van der Waals surface area contributed by atoms with Crippen LogP contribution in [0.4, 0.5) is 10.5 Å². The van der Waals surface area contributed by atoms with Crippen molar-refractivity contribution in [3.05, 3.63) is 59.8 Å². The zero-order valence-electron chi connectivity index (χ0n) is 21.5. The van der Waals surface area contributed by atoms with Crippen LogP contribution in [0.1, 0.15) is 31.9 Å². The molecule has 1 aliphatic heterocycles. The first-order chi connectivity index (χ1) is 17.7. The van der Waals surface area contributed by atoms with E-state index < -0.39 is 11.7 Å². The van der Waals surface area contributed by atoms with E-state index in [0.717, 1.165) is 22.2 Å². The number of nitriles is 1. The van der Waals surface area contributed by atoms with Gasteiger partial charge in [-0.1, -0.05) is 12.1 Å². The van der Waals surface area contributed by atoms with Crippen molar-refractivity contribution < 1.29 is 19.1 Å². The molecule has 1 aliphatic rings. The molecular weight excluding hydrogens is 470 g/mol. The number of hydrogen-bond donors (Lipinski definition) is 2. The summed E-state index contributed by atoms with van der Waals surface area (Å²) in [4.78, 5) is 31.9. The summed E-state index contributed by atoms with van der Waals surface area (Å²) in [5, 5.41) is 13.1. The summed E-state index contributed by atoms with van der Waals surface area (Å²) in [6.07, 6.45) is 2.10. The monoisotopic (exact) mass is 503 g/mol. The van der Waals surface area contributed by atoms with Crippen molar-refractivity contribution in [1.82, 2.24) is 15.2 Å². The van der Waals surface area contributed by atoms with Crippen LogP contribution in [0, 0.1) is 11.3 Å². The number of carbonyl (C=O) groups excluding carboxylic acids is 2. The lowest BCUT2D eigenvalue weighted by Crippen LogP contribution is -2.50. The lowest BCUT2D eigenvalue weighted by molar-refractivity contribution is -0.133. The zero-order chi connectivity index (χ0) is 26.4. The molecule has 37 heavy (non-hydrogen) atoms. The Bertz CT molecular complexity index is 1300. The van der Waals surface area contributed by atoms with Gasteiger partial charge in [0.05, 0.1) is 11.3 Å². The minimum Gasteiger partial charge on any atom is -0.484 e. The third kappa shape index (κ3) is 6.73. The Hall–Kier alpha value is -4.19. The second-order valence-electron chi connectivity index (χ2n) is 9.99. The number of carbonyl (C=O) groups is 2. The van der Waals surface area contributed by atoms with Crippen LogP contribution >= 0.6 is 0 Å². The standard InChI is InChI=1S/C28H33N5O4/c1-28(2,3)37-27(35)30-11-10-21-18-31-24-9-8-22(16-23(21)24)36-19-26(34)33-14-12-32(13-15-33)25-7-5-4-6-20(25)17-29/h4-9,16,18,31H,10-15,19H2,1-3H3,(H,30,35). The number of anilines is 1. The van der Waals surface area contributed by atoms with Crippen molar-refractivity contribution in [2.45, 2.75) is 32.8 Å². The minimum atomic E-state index is -0.537. The van der Waals surface area contributed by atoms with E-state index in [-0.39, 0.29) is 12.5 Å². The van der Waals surface area contributed by atoms with E-state index in [1.165, 1.54) is 0 Å². The number of amides is 2. The summed E-state index contributed by atoms with van der Waals surface area (Å²) < 4.78 is 11.1. The highest BCUT2D eigenvalue weighted by Gasteiger charge is 2.23. The Morgan fingerprint density at radius 2 is 1.86 bits per heavy atom. The normalized spacial score (nSPS) is 13.8. The molecule has 0 unspecified atom stereocenters. The van der Waals surface area contributed by atoms with Gasteiger partial charge in [0.2, 0.25) is 0 Å². The fraction of sp³-hybridized carbons (Fsp3) is 0.393.